The molecule has 2 N–H and O–H groups in total. The van der Waals surface area contributed by atoms with Crippen LogP contribution in [0.2, 0.25) is 0 Å². The molecule has 1 aromatic rings. The molecule has 1 aliphatic heterocycles. The van der Waals surface area contributed by atoms with Crippen LogP contribution in [0.25, 0.3) is 0 Å². The molecular weight excluding hydrogens is 154 g/mol. The zero-order valence-corrected chi connectivity index (χ0v) is 7.16. The minimum Gasteiger partial charge on any atom is -0.382 e. The number of ether oxygens (including phenoxy) is 1. The Morgan fingerprint density at radius 2 is 2.58 bits per heavy atom. The Morgan fingerprint density at radius 3 is 3.08 bits per heavy atom. The number of nitrogens with two attached hydrogens (primary N) is 1. The first kappa shape index (κ1) is 7.61. The number of nitrogens with zero attached hydrogens (tertiary/aromatic N) is 2. The molecule has 0 bridgehead atoms. The molecule has 2 rings (SSSR count). The Bertz CT molecular complexity index is 276. The number of anilines is 1. The van der Waals surface area contributed by atoms with Crippen molar-refractivity contribution in [3.63, 3.8) is 0 Å². The highest BCUT2D eigenvalue weighted by Crippen LogP contribution is 2.20. The molecule has 0 aromatic carbocycles. The Hall–Kier alpha value is -1.03. The van der Waals surface area contributed by atoms with Crippen LogP contribution in [0.4, 0.5) is 5.82 Å². The minimum atomic E-state index is 0.391. The van der Waals surface area contributed by atoms with Crippen molar-refractivity contribution in [1.82, 2.24) is 9.78 Å². The number of aryl methyl sites for hydroxylation is 1. The Kier molecular flexibility index (Phi) is 1.77. The van der Waals surface area contributed by atoms with Crippen LogP contribution in [0.5, 0.6) is 0 Å². The predicted octanol–water partition coefficient (Wildman–Crippen LogP) is 0.735. The van der Waals surface area contributed by atoms with E-state index in [1.165, 1.54) is 0 Å². The standard InChI is InChI=1S/C8H13N3O/c1-6-4-8(9)10-11(6)7-2-3-12-5-7/h4,7H,2-3,5H2,1H3,(H2,9,10). The summed E-state index contributed by atoms with van der Waals surface area (Å²) in [6.07, 6.45) is 1.04. The van der Waals surface area contributed by atoms with Crippen LogP contribution in [-0.4, -0.2) is 23.0 Å². The van der Waals surface area contributed by atoms with Gasteiger partial charge >= 0.3 is 0 Å². The minimum absolute atomic E-state index is 0.391. The SMILES string of the molecule is Cc1cc(N)nn1C1CCOC1. The topological polar surface area (TPSA) is 53.1 Å². The zero-order valence-electron chi connectivity index (χ0n) is 7.16. The van der Waals surface area contributed by atoms with Crippen LogP contribution in [-0.2, 0) is 4.74 Å². The largest absolute Gasteiger partial charge is 0.382 e. The van der Waals surface area contributed by atoms with E-state index >= 15 is 0 Å². The van der Waals surface area contributed by atoms with E-state index in [-0.39, 0.29) is 0 Å². The maximum absolute atomic E-state index is 5.57. The molecule has 2 heterocycles. The number of nitrogen functional groups attached to an aromatic ring is 1. The second-order valence-electron chi connectivity index (χ2n) is 3.17. The third-order valence-corrected chi connectivity index (χ3v) is 2.19. The maximum Gasteiger partial charge on any atom is 0.145 e. The summed E-state index contributed by atoms with van der Waals surface area (Å²) in [6.45, 7) is 3.62. The second kappa shape index (κ2) is 2.79. The number of rotatable bonds is 1. The third-order valence-electron chi connectivity index (χ3n) is 2.19. The van der Waals surface area contributed by atoms with Crippen molar-refractivity contribution in [1.29, 1.82) is 0 Å². The predicted molar refractivity (Wildman–Crippen MR) is 45.8 cm³/mol. The van der Waals surface area contributed by atoms with Crippen molar-refractivity contribution in [3.05, 3.63) is 11.8 Å². The summed E-state index contributed by atoms with van der Waals surface area (Å²) >= 11 is 0. The van der Waals surface area contributed by atoms with E-state index in [1.54, 1.807) is 0 Å². The van der Waals surface area contributed by atoms with E-state index in [1.807, 2.05) is 17.7 Å². The summed E-state index contributed by atoms with van der Waals surface area (Å²) in [4.78, 5) is 0. The summed E-state index contributed by atoms with van der Waals surface area (Å²) in [5.41, 5.74) is 6.69. The van der Waals surface area contributed by atoms with Gasteiger partial charge in [0.25, 0.3) is 0 Å². The molecule has 1 saturated heterocycles. The summed E-state index contributed by atoms with van der Waals surface area (Å²) in [5, 5.41) is 4.21. The molecule has 0 aliphatic carbocycles. The summed E-state index contributed by atoms with van der Waals surface area (Å²) in [7, 11) is 0. The van der Waals surface area contributed by atoms with Gasteiger partial charge in [0, 0.05) is 18.4 Å². The molecule has 0 saturated carbocycles. The van der Waals surface area contributed by atoms with E-state index in [0.717, 1.165) is 25.3 Å². The Labute approximate surface area is 71.3 Å². The highest BCUT2D eigenvalue weighted by atomic mass is 16.5. The van der Waals surface area contributed by atoms with Gasteiger partial charge in [-0.15, -0.1) is 0 Å². The van der Waals surface area contributed by atoms with Crippen LogP contribution in [0.3, 0.4) is 0 Å². The van der Waals surface area contributed by atoms with Crippen LogP contribution < -0.4 is 5.73 Å². The average molecular weight is 167 g/mol. The fraction of sp³-hybridized carbons (Fsp3) is 0.625. The quantitative estimate of drug-likeness (QED) is 0.671. The van der Waals surface area contributed by atoms with E-state index < -0.39 is 0 Å². The first-order valence-electron chi connectivity index (χ1n) is 4.17. The average Bonchev–Trinajstić information content (AvgIpc) is 2.58. The fourth-order valence-corrected chi connectivity index (χ4v) is 1.60. The highest BCUT2D eigenvalue weighted by Gasteiger charge is 2.19. The summed E-state index contributed by atoms with van der Waals surface area (Å²) in [5.74, 6) is 0.597. The molecule has 4 nitrogen and oxygen atoms in total. The monoisotopic (exact) mass is 167 g/mol. The lowest BCUT2D eigenvalue weighted by Gasteiger charge is -2.09. The molecule has 1 aromatic heterocycles. The number of hydrogen-bond donors (Lipinski definition) is 1. The van der Waals surface area contributed by atoms with Gasteiger partial charge in [-0.2, -0.15) is 5.10 Å². The third kappa shape index (κ3) is 1.18. The van der Waals surface area contributed by atoms with Gasteiger partial charge in [-0.05, 0) is 13.3 Å². The van der Waals surface area contributed by atoms with Gasteiger partial charge in [0.05, 0.1) is 12.6 Å². The van der Waals surface area contributed by atoms with Gasteiger partial charge < -0.3 is 10.5 Å². The van der Waals surface area contributed by atoms with Crippen molar-refractivity contribution in [2.75, 3.05) is 18.9 Å². The van der Waals surface area contributed by atoms with Crippen LogP contribution in [0, 0.1) is 6.92 Å². The molecule has 1 unspecified atom stereocenters. The Morgan fingerprint density at radius 1 is 1.75 bits per heavy atom. The molecule has 0 radical (unpaired) electrons. The number of hydrogen-bond acceptors (Lipinski definition) is 3. The molecular formula is C8H13N3O. The molecule has 4 heteroatoms. The normalized spacial score (nSPS) is 23.2. The van der Waals surface area contributed by atoms with Gasteiger partial charge in [-0.1, -0.05) is 0 Å². The second-order valence-corrected chi connectivity index (χ2v) is 3.17. The van der Waals surface area contributed by atoms with Crippen LogP contribution in [0.15, 0.2) is 6.07 Å². The maximum atomic E-state index is 5.57. The summed E-state index contributed by atoms with van der Waals surface area (Å²) < 4.78 is 7.23. The van der Waals surface area contributed by atoms with Gasteiger partial charge in [0.15, 0.2) is 0 Å². The lowest BCUT2D eigenvalue weighted by Crippen LogP contribution is -2.11. The molecule has 12 heavy (non-hydrogen) atoms. The highest BCUT2D eigenvalue weighted by molar-refractivity contribution is 5.29. The molecule has 0 amide bonds. The molecule has 0 spiro atoms. The lowest BCUT2D eigenvalue weighted by atomic mass is 10.2. The zero-order chi connectivity index (χ0) is 8.55. The van der Waals surface area contributed by atoms with E-state index in [0.29, 0.717) is 11.9 Å². The molecule has 1 fully saturated rings. The van der Waals surface area contributed by atoms with Gasteiger partial charge in [-0.3, -0.25) is 4.68 Å². The molecule has 1 atom stereocenters. The fourth-order valence-electron chi connectivity index (χ4n) is 1.60. The van der Waals surface area contributed by atoms with Crippen molar-refractivity contribution in [3.8, 4) is 0 Å². The Balaban J connectivity index is 2.25. The van der Waals surface area contributed by atoms with Crippen molar-refractivity contribution in [2.45, 2.75) is 19.4 Å². The first-order chi connectivity index (χ1) is 5.77. The molecule has 66 valence electrons. The van der Waals surface area contributed by atoms with Gasteiger partial charge in [0.2, 0.25) is 0 Å². The smallest absolute Gasteiger partial charge is 0.145 e. The van der Waals surface area contributed by atoms with Gasteiger partial charge in [0.1, 0.15) is 5.82 Å². The number of aromatic nitrogens is 2. The van der Waals surface area contributed by atoms with Crippen molar-refractivity contribution >= 4 is 5.82 Å². The lowest BCUT2D eigenvalue weighted by molar-refractivity contribution is 0.184. The van der Waals surface area contributed by atoms with Crippen LogP contribution >= 0.6 is 0 Å². The van der Waals surface area contributed by atoms with Crippen LogP contribution in [0.1, 0.15) is 18.2 Å². The van der Waals surface area contributed by atoms with Crippen molar-refractivity contribution < 1.29 is 4.74 Å². The first-order valence-corrected chi connectivity index (χ1v) is 4.17. The van der Waals surface area contributed by atoms with Crippen molar-refractivity contribution in [2.24, 2.45) is 0 Å². The van der Waals surface area contributed by atoms with E-state index in [4.69, 9.17) is 10.5 Å². The summed E-state index contributed by atoms with van der Waals surface area (Å²) in [6, 6.07) is 2.28. The van der Waals surface area contributed by atoms with E-state index in [2.05, 4.69) is 5.10 Å². The molecule has 1 aliphatic rings. The van der Waals surface area contributed by atoms with E-state index in [9.17, 15) is 0 Å². The van der Waals surface area contributed by atoms with Gasteiger partial charge in [-0.25, -0.2) is 0 Å².